The summed E-state index contributed by atoms with van der Waals surface area (Å²) in [5, 5.41) is 11.1. The molecule has 0 radical (unpaired) electrons. The van der Waals surface area contributed by atoms with Crippen molar-refractivity contribution in [1.82, 2.24) is 0 Å². The maximum absolute atomic E-state index is 11.1. The lowest BCUT2D eigenvalue weighted by atomic mass is 10.1. The van der Waals surface area contributed by atoms with Crippen molar-refractivity contribution in [1.29, 1.82) is 0 Å². The van der Waals surface area contributed by atoms with Gasteiger partial charge in [-0.15, -0.1) is 0 Å². The molecule has 126 valence electrons. The zero-order chi connectivity index (χ0) is 16.8. The third-order valence-corrected chi connectivity index (χ3v) is 4.93. The second-order valence-electron chi connectivity index (χ2n) is 5.60. The van der Waals surface area contributed by atoms with Crippen molar-refractivity contribution in [2.24, 2.45) is 0 Å². The van der Waals surface area contributed by atoms with Crippen LogP contribution in [0.15, 0.2) is 42.5 Å². The first-order valence-electron chi connectivity index (χ1n) is 7.86. The first-order chi connectivity index (χ1) is 11.7. The number of nitro groups is 1. The number of fused-ring (bicyclic) bond motifs is 1. The van der Waals surface area contributed by atoms with E-state index >= 15 is 0 Å². The van der Waals surface area contributed by atoms with Crippen LogP contribution >= 0.6 is 11.8 Å². The Balaban J connectivity index is 1.58. The predicted octanol–water partition coefficient (Wildman–Crippen LogP) is 4.33. The molecule has 3 rings (SSSR count). The summed E-state index contributed by atoms with van der Waals surface area (Å²) in [4.78, 5) is 10.7. The van der Waals surface area contributed by atoms with Gasteiger partial charge in [0.25, 0.3) is 5.69 Å². The second kappa shape index (κ2) is 8.17. The average molecular weight is 345 g/mol. The van der Waals surface area contributed by atoms with Gasteiger partial charge >= 0.3 is 0 Å². The molecule has 5 nitrogen and oxygen atoms in total. The minimum Gasteiger partial charge on any atom is -0.467 e. The van der Waals surface area contributed by atoms with E-state index in [1.807, 2.05) is 6.07 Å². The van der Waals surface area contributed by atoms with E-state index in [2.05, 4.69) is 24.3 Å². The van der Waals surface area contributed by atoms with Gasteiger partial charge < -0.3 is 9.47 Å². The van der Waals surface area contributed by atoms with Crippen LogP contribution in [0.2, 0.25) is 0 Å². The van der Waals surface area contributed by atoms with Crippen molar-refractivity contribution < 1.29 is 14.4 Å². The monoisotopic (exact) mass is 345 g/mol. The lowest BCUT2D eigenvalue weighted by molar-refractivity contribution is -0.385. The Morgan fingerprint density at radius 1 is 1.21 bits per heavy atom. The van der Waals surface area contributed by atoms with Gasteiger partial charge in [-0.3, -0.25) is 10.1 Å². The number of benzene rings is 2. The molecule has 24 heavy (non-hydrogen) atoms. The topological polar surface area (TPSA) is 61.6 Å². The van der Waals surface area contributed by atoms with Crippen LogP contribution in [0.5, 0.6) is 5.75 Å². The van der Waals surface area contributed by atoms with Gasteiger partial charge in [0.15, 0.2) is 6.79 Å². The summed E-state index contributed by atoms with van der Waals surface area (Å²) in [5.74, 6) is 2.46. The van der Waals surface area contributed by atoms with E-state index in [1.54, 1.807) is 17.8 Å². The highest BCUT2D eigenvalue weighted by Crippen LogP contribution is 2.34. The molecule has 0 atom stereocenters. The van der Waals surface area contributed by atoms with E-state index in [9.17, 15) is 10.1 Å². The molecule has 0 unspecified atom stereocenters. The fourth-order valence-corrected chi connectivity index (χ4v) is 3.63. The van der Waals surface area contributed by atoms with Crippen molar-refractivity contribution >= 4 is 17.4 Å². The number of ether oxygens (including phenoxy) is 2. The van der Waals surface area contributed by atoms with Crippen molar-refractivity contribution in [3.8, 4) is 5.75 Å². The molecular weight excluding hydrogens is 326 g/mol. The van der Waals surface area contributed by atoms with Crippen LogP contribution in [0.1, 0.15) is 23.1 Å². The van der Waals surface area contributed by atoms with E-state index < -0.39 is 0 Å². The smallest absolute Gasteiger partial charge is 0.270 e. The molecule has 0 aliphatic carbocycles. The van der Waals surface area contributed by atoms with Crippen molar-refractivity contribution in [2.45, 2.75) is 25.2 Å². The maximum Gasteiger partial charge on any atom is 0.270 e. The summed E-state index contributed by atoms with van der Waals surface area (Å²) in [6.45, 7) is 0.569. The van der Waals surface area contributed by atoms with Crippen LogP contribution in [0.3, 0.4) is 0 Å². The lowest BCUT2D eigenvalue weighted by Crippen LogP contribution is -2.13. The SMILES string of the molecule is O=[N+]([O-])c1cc2c(c(CSCCCc3ccccc3)c1)OCOC2. The Morgan fingerprint density at radius 3 is 2.83 bits per heavy atom. The van der Waals surface area contributed by atoms with Gasteiger partial charge in [-0.05, 0) is 24.2 Å². The molecule has 0 amide bonds. The maximum atomic E-state index is 11.1. The predicted molar refractivity (Wildman–Crippen MR) is 94.3 cm³/mol. The molecule has 0 fully saturated rings. The summed E-state index contributed by atoms with van der Waals surface area (Å²) in [7, 11) is 0. The lowest BCUT2D eigenvalue weighted by Gasteiger charge is -2.20. The quantitative estimate of drug-likeness (QED) is 0.425. The number of aryl methyl sites for hydroxylation is 1. The average Bonchev–Trinajstić information content (AvgIpc) is 2.62. The van der Waals surface area contributed by atoms with Crippen LogP contribution in [0.25, 0.3) is 0 Å². The second-order valence-corrected chi connectivity index (χ2v) is 6.71. The molecule has 0 N–H and O–H groups in total. The number of non-ortho nitro benzene ring substituents is 1. The Hall–Kier alpha value is -2.05. The number of hydrogen-bond donors (Lipinski definition) is 0. The van der Waals surface area contributed by atoms with Gasteiger partial charge in [0.05, 0.1) is 11.5 Å². The highest BCUT2D eigenvalue weighted by molar-refractivity contribution is 7.98. The number of nitro benzene ring substituents is 1. The molecule has 0 bridgehead atoms. The summed E-state index contributed by atoms with van der Waals surface area (Å²) in [6.07, 6.45) is 2.13. The molecule has 1 aliphatic rings. The van der Waals surface area contributed by atoms with Gasteiger partial charge in [0, 0.05) is 29.0 Å². The summed E-state index contributed by atoms with van der Waals surface area (Å²) in [6, 6.07) is 13.6. The van der Waals surface area contributed by atoms with Crippen LogP contribution in [0, 0.1) is 10.1 Å². The molecule has 2 aromatic carbocycles. The molecule has 6 heteroatoms. The highest BCUT2D eigenvalue weighted by Gasteiger charge is 2.20. The minimum atomic E-state index is -0.363. The van der Waals surface area contributed by atoms with Gasteiger partial charge in [-0.1, -0.05) is 30.3 Å². The number of rotatable bonds is 7. The van der Waals surface area contributed by atoms with Gasteiger partial charge in [0.1, 0.15) is 5.75 Å². The van der Waals surface area contributed by atoms with Crippen LogP contribution in [-0.2, 0) is 23.5 Å². The van der Waals surface area contributed by atoms with Crippen molar-refractivity contribution in [3.05, 3.63) is 69.3 Å². The number of hydrogen-bond acceptors (Lipinski definition) is 5. The number of nitrogens with zero attached hydrogens (tertiary/aromatic N) is 1. The van der Waals surface area contributed by atoms with E-state index in [0.29, 0.717) is 12.4 Å². The molecule has 2 aromatic rings. The molecule has 0 aromatic heterocycles. The standard InChI is InChI=1S/C18H19NO4S/c20-19(21)17-9-15-11-22-13-23-18(15)16(10-17)12-24-8-4-7-14-5-2-1-3-6-14/h1-3,5-6,9-10H,4,7-8,11-13H2. The fraction of sp³-hybridized carbons (Fsp3) is 0.333. The van der Waals surface area contributed by atoms with Gasteiger partial charge in [-0.2, -0.15) is 11.8 Å². The molecule has 1 aliphatic heterocycles. The van der Waals surface area contributed by atoms with E-state index in [4.69, 9.17) is 9.47 Å². The van der Waals surface area contributed by atoms with E-state index in [-0.39, 0.29) is 17.4 Å². The molecular formula is C18H19NO4S. The van der Waals surface area contributed by atoms with Crippen LogP contribution < -0.4 is 4.74 Å². The van der Waals surface area contributed by atoms with Crippen LogP contribution in [0.4, 0.5) is 5.69 Å². The summed E-state index contributed by atoms with van der Waals surface area (Å²) in [5.41, 5.74) is 3.08. The minimum absolute atomic E-state index is 0.0998. The zero-order valence-corrected chi connectivity index (χ0v) is 14.1. The Morgan fingerprint density at radius 2 is 2.04 bits per heavy atom. The van der Waals surface area contributed by atoms with Gasteiger partial charge in [0.2, 0.25) is 0 Å². The van der Waals surface area contributed by atoms with Gasteiger partial charge in [-0.25, -0.2) is 0 Å². The first kappa shape index (κ1) is 16.8. The fourth-order valence-electron chi connectivity index (χ4n) is 2.70. The summed E-state index contributed by atoms with van der Waals surface area (Å²) >= 11 is 1.78. The first-order valence-corrected chi connectivity index (χ1v) is 9.02. The Kier molecular flexibility index (Phi) is 5.72. The van der Waals surface area contributed by atoms with Crippen molar-refractivity contribution in [3.63, 3.8) is 0 Å². The molecule has 1 heterocycles. The molecule has 0 spiro atoms. The van der Waals surface area contributed by atoms with E-state index in [1.165, 1.54) is 11.6 Å². The summed E-state index contributed by atoms with van der Waals surface area (Å²) < 4.78 is 10.8. The third kappa shape index (κ3) is 4.27. The zero-order valence-electron chi connectivity index (χ0n) is 13.3. The molecule has 0 saturated carbocycles. The highest BCUT2D eigenvalue weighted by atomic mass is 32.2. The normalized spacial score (nSPS) is 13.2. The van der Waals surface area contributed by atoms with Crippen molar-refractivity contribution in [2.75, 3.05) is 12.5 Å². The Bertz CT molecular complexity index is 706. The van der Waals surface area contributed by atoms with Crippen LogP contribution in [-0.4, -0.2) is 17.5 Å². The largest absolute Gasteiger partial charge is 0.467 e. The third-order valence-electron chi connectivity index (χ3n) is 3.84. The molecule has 0 saturated heterocycles. The Labute approximate surface area is 145 Å². The number of thioether (sulfide) groups is 1. The van der Waals surface area contributed by atoms with E-state index in [0.717, 1.165) is 35.5 Å².